The van der Waals surface area contributed by atoms with Crippen molar-refractivity contribution < 1.29 is 4.74 Å². The van der Waals surface area contributed by atoms with Crippen LogP contribution in [-0.2, 0) is 10.2 Å². The molecule has 1 aromatic rings. The lowest BCUT2D eigenvalue weighted by molar-refractivity contribution is 0.132. The second-order valence-electron chi connectivity index (χ2n) is 6.40. The standard InChI is InChI=1S/C16H28N2O/c1-13(2)8-10-19-11-9-17-15-7-6-14(12-18-15)16(3,4)5/h6-7,12-13H,8-11H2,1-5H3,(H,17,18). The van der Waals surface area contributed by atoms with Crippen LogP contribution in [0.1, 0.15) is 46.6 Å². The van der Waals surface area contributed by atoms with E-state index >= 15 is 0 Å². The smallest absolute Gasteiger partial charge is 0.125 e. The van der Waals surface area contributed by atoms with Crippen molar-refractivity contribution >= 4 is 5.82 Å². The first-order valence-corrected chi connectivity index (χ1v) is 7.18. The summed E-state index contributed by atoms with van der Waals surface area (Å²) in [4.78, 5) is 4.42. The third-order valence-corrected chi connectivity index (χ3v) is 3.02. The quantitative estimate of drug-likeness (QED) is 0.759. The molecular weight excluding hydrogens is 236 g/mol. The van der Waals surface area contributed by atoms with Gasteiger partial charge in [0.2, 0.25) is 0 Å². The van der Waals surface area contributed by atoms with E-state index in [1.165, 1.54) is 5.56 Å². The lowest BCUT2D eigenvalue weighted by Gasteiger charge is -2.18. The summed E-state index contributed by atoms with van der Waals surface area (Å²) in [5.74, 6) is 1.63. The molecule has 0 aliphatic heterocycles. The highest BCUT2D eigenvalue weighted by Gasteiger charge is 2.13. The lowest BCUT2D eigenvalue weighted by Crippen LogP contribution is -2.14. The van der Waals surface area contributed by atoms with Crippen molar-refractivity contribution in [3.8, 4) is 0 Å². The molecule has 1 N–H and O–H groups in total. The minimum absolute atomic E-state index is 0.158. The molecule has 0 aliphatic carbocycles. The van der Waals surface area contributed by atoms with E-state index in [-0.39, 0.29) is 5.41 Å². The highest BCUT2D eigenvalue weighted by Crippen LogP contribution is 2.21. The predicted octanol–water partition coefficient (Wildman–Crippen LogP) is 3.85. The van der Waals surface area contributed by atoms with E-state index in [2.05, 4.69) is 51.0 Å². The van der Waals surface area contributed by atoms with Crippen LogP contribution in [-0.4, -0.2) is 24.7 Å². The summed E-state index contributed by atoms with van der Waals surface area (Å²) in [5, 5.41) is 3.28. The van der Waals surface area contributed by atoms with Gasteiger partial charge in [0.25, 0.3) is 0 Å². The van der Waals surface area contributed by atoms with Gasteiger partial charge in [0.05, 0.1) is 6.61 Å². The number of anilines is 1. The Balaban J connectivity index is 2.23. The van der Waals surface area contributed by atoms with Gasteiger partial charge < -0.3 is 10.1 Å². The normalized spacial score (nSPS) is 11.9. The Labute approximate surface area is 117 Å². The molecule has 0 radical (unpaired) electrons. The fourth-order valence-electron chi connectivity index (χ4n) is 1.61. The maximum Gasteiger partial charge on any atom is 0.125 e. The van der Waals surface area contributed by atoms with Gasteiger partial charge in [-0.15, -0.1) is 0 Å². The third kappa shape index (κ3) is 6.58. The van der Waals surface area contributed by atoms with Crippen molar-refractivity contribution in [1.29, 1.82) is 0 Å². The van der Waals surface area contributed by atoms with Gasteiger partial charge in [-0.3, -0.25) is 0 Å². The number of ether oxygens (including phenoxy) is 1. The molecule has 19 heavy (non-hydrogen) atoms. The van der Waals surface area contributed by atoms with Gasteiger partial charge in [0, 0.05) is 19.3 Å². The molecule has 108 valence electrons. The second-order valence-corrected chi connectivity index (χ2v) is 6.40. The molecule has 0 aliphatic rings. The number of aromatic nitrogens is 1. The summed E-state index contributed by atoms with van der Waals surface area (Å²) >= 11 is 0. The Morgan fingerprint density at radius 2 is 1.95 bits per heavy atom. The zero-order chi connectivity index (χ0) is 14.3. The van der Waals surface area contributed by atoms with Crippen LogP contribution in [0.25, 0.3) is 0 Å². The SMILES string of the molecule is CC(C)CCOCCNc1ccc(C(C)(C)C)cn1. The van der Waals surface area contributed by atoms with Crippen LogP contribution in [0.4, 0.5) is 5.82 Å². The van der Waals surface area contributed by atoms with Crippen molar-refractivity contribution in [2.45, 2.75) is 46.5 Å². The van der Waals surface area contributed by atoms with E-state index in [9.17, 15) is 0 Å². The fraction of sp³-hybridized carbons (Fsp3) is 0.688. The van der Waals surface area contributed by atoms with Crippen LogP contribution in [0.15, 0.2) is 18.3 Å². The summed E-state index contributed by atoms with van der Waals surface area (Å²) < 4.78 is 5.55. The minimum atomic E-state index is 0.158. The molecule has 1 heterocycles. The van der Waals surface area contributed by atoms with Crippen molar-refractivity contribution in [2.75, 3.05) is 25.1 Å². The molecule has 0 bridgehead atoms. The molecule has 0 spiro atoms. The first-order valence-electron chi connectivity index (χ1n) is 7.18. The molecular formula is C16H28N2O. The zero-order valence-corrected chi connectivity index (χ0v) is 13.0. The van der Waals surface area contributed by atoms with Gasteiger partial charge in [-0.1, -0.05) is 40.7 Å². The highest BCUT2D eigenvalue weighted by molar-refractivity contribution is 5.36. The molecule has 0 saturated carbocycles. The lowest BCUT2D eigenvalue weighted by atomic mass is 9.88. The van der Waals surface area contributed by atoms with E-state index in [1.54, 1.807) is 0 Å². The van der Waals surface area contributed by atoms with Crippen molar-refractivity contribution in [2.24, 2.45) is 5.92 Å². The van der Waals surface area contributed by atoms with Crippen LogP contribution >= 0.6 is 0 Å². The summed E-state index contributed by atoms with van der Waals surface area (Å²) in [6, 6.07) is 4.17. The second kappa shape index (κ2) is 7.49. The molecule has 0 atom stereocenters. The number of hydrogen-bond acceptors (Lipinski definition) is 3. The molecule has 0 saturated heterocycles. The first kappa shape index (κ1) is 16.0. The van der Waals surface area contributed by atoms with Crippen LogP contribution in [0.3, 0.4) is 0 Å². The number of pyridine rings is 1. The molecule has 0 amide bonds. The van der Waals surface area contributed by atoms with E-state index in [0.29, 0.717) is 5.92 Å². The van der Waals surface area contributed by atoms with Gasteiger partial charge >= 0.3 is 0 Å². The molecule has 1 rings (SSSR count). The maximum atomic E-state index is 5.55. The number of rotatable bonds is 7. The first-order chi connectivity index (χ1) is 8.89. The minimum Gasteiger partial charge on any atom is -0.380 e. The monoisotopic (exact) mass is 264 g/mol. The van der Waals surface area contributed by atoms with E-state index in [1.807, 2.05) is 12.3 Å². The molecule has 0 aromatic carbocycles. The van der Waals surface area contributed by atoms with Gasteiger partial charge in [-0.05, 0) is 29.4 Å². The highest BCUT2D eigenvalue weighted by atomic mass is 16.5. The topological polar surface area (TPSA) is 34.1 Å². The third-order valence-electron chi connectivity index (χ3n) is 3.02. The average molecular weight is 264 g/mol. The zero-order valence-electron chi connectivity index (χ0n) is 13.0. The summed E-state index contributed by atoms with van der Waals surface area (Å²) in [6.07, 6.45) is 3.07. The van der Waals surface area contributed by atoms with E-state index in [0.717, 1.165) is 32.0 Å². The Hall–Kier alpha value is -1.09. The predicted molar refractivity (Wildman–Crippen MR) is 81.7 cm³/mol. The Morgan fingerprint density at radius 1 is 1.21 bits per heavy atom. The summed E-state index contributed by atoms with van der Waals surface area (Å²) in [7, 11) is 0. The molecule has 0 unspecified atom stereocenters. The van der Waals surface area contributed by atoms with Crippen LogP contribution in [0, 0.1) is 5.92 Å². The van der Waals surface area contributed by atoms with Gasteiger partial charge in [-0.25, -0.2) is 4.98 Å². The number of nitrogens with zero attached hydrogens (tertiary/aromatic N) is 1. The van der Waals surface area contributed by atoms with Gasteiger partial charge in [0.15, 0.2) is 0 Å². The van der Waals surface area contributed by atoms with Crippen molar-refractivity contribution in [1.82, 2.24) is 4.98 Å². The average Bonchev–Trinajstić information content (AvgIpc) is 2.32. The van der Waals surface area contributed by atoms with Crippen LogP contribution in [0.2, 0.25) is 0 Å². The van der Waals surface area contributed by atoms with Crippen LogP contribution in [0.5, 0.6) is 0 Å². The number of hydrogen-bond donors (Lipinski definition) is 1. The van der Waals surface area contributed by atoms with Crippen LogP contribution < -0.4 is 5.32 Å². The van der Waals surface area contributed by atoms with E-state index < -0.39 is 0 Å². The molecule has 1 aromatic heterocycles. The summed E-state index contributed by atoms with van der Waals surface area (Å²) in [5.41, 5.74) is 1.41. The number of nitrogens with one attached hydrogen (secondary N) is 1. The largest absolute Gasteiger partial charge is 0.380 e. The Morgan fingerprint density at radius 3 is 2.47 bits per heavy atom. The van der Waals surface area contributed by atoms with Crippen molar-refractivity contribution in [3.05, 3.63) is 23.9 Å². The van der Waals surface area contributed by atoms with Gasteiger partial charge in [0.1, 0.15) is 5.82 Å². The van der Waals surface area contributed by atoms with Gasteiger partial charge in [-0.2, -0.15) is 0 Å². The maximum absolute atomic E-state index is 5.55. The molecule has 3 heteroatoms. The summed E-state index contributed by atoms with van der Waals surface area (Å²) in [6.45, 7) is 13.4. The van der Waals surface area contributed by atoms with Crippen molar-refractivity contribution in [3.63, 3.8) is 0 Å². The molecule has 0 fully saturated rings. The molecule has 3 nitrogen and oxygen atoms in total. The van der Waals surface area contributed by atoms with E-state index in [4.69, 9.17) is 4.74 Å². The Bertz CT molecular complexity index is 352. The fourth-order valence-corrected chi connectivity index (χ4v) is 1.61. The Kier molecular flexibility index (Phi) is 6.29.